The van der Waals surface area contributed by atoms with E-state index >= 15 is 0 Å². The smallest absolute Gasteiger partial charge is 0.344 e. The van der Waals surface area contributed by atoms with Gasteiger partial charge in [-0.2, -0.15) is 0 Å². The number of rotatable bonds is 6. The van der Waals surface area contributed by atoms with Gasteiger partial charge in [-0.05, 0) is 30.7 Å². The molecule has 4 heteroatoms. The number of halogens is 1. The molecule has 16 heavy (non-hydrogen) atoms. The van der Waals surface area contributed by atoms with E-state index in [-0.39, 0.29) is 12.6 Å². The number of hydrogen-bond acceptors (Lipinski definition) is 3. The third-order valence-corrected chi connectivity index (χ3v) is 2.18. The largest absolute Gasteiger partial charge is 0.482 e. The summed E-state index contributed by atoms with van der Waals surface area (Å²) in [5.41, 5.74) is 0. The van der Waals surface area contributed by atoms with Crippen LogP contribution in [0.25, 0.3) is 0 Å². The zero-order valence-corrected chi connectivity index (χ0v) is 10.00. The van der Waals surface area contributed by atoms with Crippen molar-refractivity contribution in [2.75, 3.05) is 13.2 Å². The maximum absolute atomic E-state index is 11.2. The van der Waals surface area contributed by atoms with Crippen LogP contribution in [0.2, 0.25) is 5.02 Å². The van der Waals surface area contributed by atoms with Crippen LogP contribution >= 0.6 is 11.6 Å². The van der Waals surface area contributed by atoms with E-state index in [4.69, 9.17) is 21.1 Å². The molecule has 0 saturated heterocycles. The van der Waals surface area contributed by atoms with Crippen molar-refractivity contribution in [1.29, 1.82) is 0 Å². The fourth-order valence-electron chi connectivity index (χ4n) is 1.05. The van der Waals surface area contributed by atoms with Crippen molar-refractivity contribution >= 4 is 17.6 Å². The van der Waals surface area contributed by atoms with E-state index < -0.39 is 0 Å². The molecule has 0 aromatic heterocycles. The molecule has 0 N–H and O–H groups in total. The first kappa shape index (κ1) is 12.8. The number of unbranched alkanes of at least 4 members (excludes halogenated alkanes) is 1. The lowest BCUT2D eigenvalue weighted by Crippen LogP contribution is -2.15. The molecule has 88 valence electrons. The van der Waals surface area contributed by atoms with Crippen molar-refractivity contribution in [2.24, 2.45) is 0 Å². The molecule has 0 aliphatic carbocycles. The van der Waals surface area contributed by atoms with E-state index in [1.807, 2.05) is 6.92 Å². The standard InChI is InChI=1S/C12H15ClO3/c1-2-3-8-15-12(14)9-16-11-6-4-10(13)5-7-11/h4-7H,2-3,8-9H2,1H3. The molecule has 1 rings (SSSR count). The summed E-state index contributed by atoms with van der Waals surface area (Å²) in [6, 6.07) is 6.84. The van der Waals surface area contributed by atoms with Crippen LogP contribution in [0.4, 0.5) is 0 Å². The van der Waals surface area contributed by atoms with E-state index in [2.05, 4.69) is 0 Å². The van der Waals surface area contributed by atoms with Gasteiger partial charge in [-0.25, -0.2) is 4.79 Å². The highest BCUT2D eigenvalue weighted by Gasteiger charge is 2.03. The highest BCUT2D eigenvalue weighted by Crippen LogP contribution is 2.15. The van der Waals surface area contributed by atoms with Gasteiger partial charge in [0.25, 0.3) is 0 Å². The molecular weight excluding hydrogens is 228 g/mol. The first-order chi connectivity index (χ1) is 7.72. The summed E-state index contributed by atoms with van der Waals surface area (Å²) in [5, 5.41) is 0.637. The number of carbonyl (C=O) groups excluding carboxylic acids is 1. The average molecular weight is 243 g/mol. The molecule has 0 aliphatic heterocycles. The molecule has 0 atom stereocenters. The average Bonchev–Trinajstić information content (AvgIpc) is 2.29. The van der Waals surface area contributed by atoms with E-state index in [1.54, 1.807) is 24.3 Å². The van der Waals surface area contributed by atoms with Gasteiger partial charge in [0, 0.05) is 5.02 Å². The highest BCUT2D eigenvalue weighted by atomic mass is 35.5. The van der Waals surface area contributed by atoms with Crippen molar-refractivity contribution in [1.82, 2.24) is 0 Å². The van der Waals surface area contributed by atoms with E-state index in [1.165, 1.54) is 0 Å². The monoisotopic (exact) mass is 242 g/mol. The Balaban J connectivity index is 2.23. The predicted molar refractivity (Wildman–Crippen MR) is 62.8 cm³/mol. The van der Waals surface area contributed by atoms with Crippen LogP contribution in [0.5, 0.6) is 5.75 Å². The fourth-order valence-corrected chi connectivity index (χ4v) is 1.17. The number of esters is 1. The van der Waals surface area contributed by atoms with E-state index in [9.17, 15) is 4.79 Å². The minimum atomic E-state index is -0.344. The summed E-state index contributed by atoms with van der Waals surface area (Å²) in [7, 11) is 0. The number of benzene rings is 1. The van der Waals surface area contributed by atoms with Crippen molar-refractivity contribution in [2.45, 2.75) is 19.8 Å². The molecule has 0 saturated carbocycles. The van der Waals surface area contributed by atoms with Crippen LogP contribution < -0.4 is 4.74 Å². The second kappa shape index (κ2) is 7.12. The van der Waals surface area contributed by atoms with Gasteiger partial charge < -0.3 is 9.47 Å². The van der Waals surface area contributed by atoms with Crippen molar-refractivity contribution in [3.8, 4) is 5.75 Å². The molecule has 0 radical (unpaired) electrons. The third kappa shape index (κ3) is 5.03. The lowest BCUT2D eigenvalue weighted by Gasteiger charge is -2.06. The first-order valence-electron chi connectivity index (χ1n) is 5.26. The Bertz CT molecular complexity index is 322. The van der Waals surface area contributed by atoms with Crippen LogP contribution in [0, 0.1) is 0 Å². The molecule has 0 bridgehead atoms. The summed E-state index contributed by atoms with van der Waals surface area (Å²) in [6.07, 6.45) is 1.89. The Labute approximate surface area is 100 Å². The number of ether oxygens (including phenoxy) is 2. The van der Waals surface area contributed by atoms with E-state index in [0.717, 1.165) is 12.8 Å². The van der Waals surface area contributed by atoms with Crippen molar-refractivity contribution < 1.29 is 14.3 Å². The SMILES string of the molecule is CCCCOC(=O)COc1ccc(Cl)cc1. The highest BCUT2D eigenvalue weighted by molar-refractivity contribution is 6.30. The molecule has 3 nitrogen and oxygen atoms in total. The summed E-state index contributed by atoms with van der Waals surface area (Å²) in [4.78, 5) is 11.2. The zero-order valence-electron chi connectivity index (χ0n) is 9.24. The van der Waals surface area contributed by atoms with Crippen LogP contribution in [0.3, 0.4) is 0 Å². The Hall–Kier alpha value is -1.22. The molecule has 1 aromatic carbocycles. The maximum atomic E-state index is 11.2. The van der Waals surface area contributed by atoms with Gasteiger partial charge in [0.2, 0.25) is 0 Å². The van der Waals surface area contributed by atoms with Crippen LogP contribution in [-0.2, 0) is 9.53 Å². The summed E-state index contributed by atoms with van der Waals surface area (Å²) in [5.74, 6) is 0.264. The minimum Gasteiger partial charge on any atom is -0.482 e. The molecule has 0 spiro atoms. The second-order valence-corrected chi connectivity index (χ2v) is 3.75. The number of hydrogen-bond donors (Lipinski definition) is 0. The van der Waals surface area contributed by atoms with Crippen molar-refractivity contribution in [3.05, 3.63) is 29.3 Å². The first-order valence-corrected chi connectivity index (χ1v) is 5.64. The molecular formula is C12H15ClO3. The Morgan fingerprint density at radius 2 is 2.00 bits per heavy atom. The molecule has 0 amide bonds. The normalized spacial score (nSPS) is 9.88. The summed E-state index contributed by atoms with van der Waals surface area (Å²) >= 11 is 5.71. The predicted octanol–water partition coefficient (Wildman–Crippen LogP) is 3.06. The maximum Gasteiger partial charge on any atom is 0.344 e. The topological polar surface area (TPSA) is 35.5 Å². The zero-order chi connectivity index (χ0) is 11.8. The van der Waals surface area contributed by atoms with Crippen molar-refractivity contribution in [3.63, 3.8) is 0 Å². The van der Waals surface area contributed by atoms with Crippen LogP contribution in [0.15, 0.2) is 24.3 Å². The molecule has 0 aliphatic rings. The minimum absolute atomic E-state index is 0.0641. The summed E-state index contributed by atoms with van der Waals surface area (Å²) in [6.45, 7) is 2.43. The van der Waals surface area contributed by atoms with Gasteiger partial charge in [0.05, 0.1) is 6.61 Å². The van der Waals surface area contributed by atoms with Crippen LogP contribution in [0.1, 0.15) is 19.8 Å². The molecule has 0 fully saturated rings. The Morgan fingerprint density at radius 3 is 2.62 bits per heavy atom. The molecule has 1 aromatic rings. The van der Waals surface area contributed by atoms with E-state index in [0.29, 0.717) is 17.4 Å². The quantitative estimate of drug-likeness (QED) is 0.568. The lowest BCUT2D eigenvalue weighted by atomic mass is 10.3. The van der Waals surface area contributed by atoms with Gasteiger partial charge in [-0.1, -0.05) is 24.9 Å². The van der Waals surface area contributed by atoms with Gasteiger partial charge in [0.15, 0.2) is 6.61 Å². The summed E-state index contributed by atoms with van der Waals surface area (Å²) < 4.78 is 10.2. The Kier molecular flexibility index (Phi) is 5.72. The molecule has 0 unspecified atom stereocenters. The van der Waals surface area contributed by atoms with Crippen LogP contribution in [-0.4, -0.2) is 19.2 Å². The number of carbonyl (C=O) groups is 1. The van der Waals surface area contributed by atoms with Gasteiger partial charge >= 0.3 is 5.97 Å². The molecule has 0 heterocycles. The fraction of sp³-hybridized carbons (Fsp3) is 0.417. The van der Waals surface area contributed by atoms with Gasteiger partial charge in [-0.15, -0.1) is 0 Å². The lowest BCUT2D eigenvalue weighted by molar-refractivity contribution is -0.146. The third-order valence-electron chi connectivity index (χ3n) is 1.93. The second-order valence-electron chi connectivity index (χ2n) is 3.32. The van der Waals surface area contributed by atoms with Gasteiger partial charge in [-0.3, -0.25) is 0 Å². The van der Waals surface area contributed by atoms with Gasteiger partial charge in [0.1, 0.15) is 5.75 Å². The Morgan fingerprint density at radius 1 is 1.31 bits per heavy atom.